The van der Waals surface area contributed by atoms with Crippen molar-refractivity contribution in [3.05, 3.63) is 64.6 Å². The predicted octanol–water partition coefficient (Wildman–Crippen LogP) is 3.57. The van der Waals surface area contributed by atoms with Crippen LogP contribution in [0.4, 0.5) is 5.69 Å². The Morgan fingerprint density at radius 3 is 2.48 bits per heavy atom. The summed E-state index contributed by atoms with van der Waals surface area (Å²) in [5.41, 5.74) is 6.31. The number of nitrogens with one attached hydrogen (secondary N) is 1. The minimum atomic E-state index is -0.171. The Balaban J connectivity index is 2.03. The minimum Gasteiger partial charge on any atom is -0.320 e. The van der Waals surface area contributed by atoms with Crippen molar-refractivity contribution < 1.29 is 4.79 Å². The largest absolute Gasteiger partial charge is 0.320 e. The van der Waals surface area contributed by atoms with Crippen LogP contribution in [-0.4, -0.2) is 34.3 Å². The van der Waals surface area contributed by atoms with Gasteiger partial charge in [-0.3, -0.25) is 4.79 Å². The van der Waals surface area contributed by atoms with Crippen LogP contribution in [0.25, 0.3) is 5.65 Å². The average Bonchev–Trinajstić information content (AvgIpc) is 2.89. The lowest BCUT2D eigenvalue weighted by atomic mass is 10.0. The fourth-order valence-electron chi connectivity index (χ4n) is 3.23. The lowest BCUT2D eigenvalue weighted by Crippen LogP contribution is -2.20. The number of aromatic nitrogens is 2. The molecule has 5 nitrogen and oxygen atoms in total. The molecule has 0 saturated carbocycles. The molecular weight excluding hydrogens is 312 g/mol. The van der Waals surface area contributed by atoms with Crippen LogP contribution >= 0.6 is 0 Å². The minimum absolute atomic E-state index is 0.171. The molecule has 0 radical (unpaired) electrons. The van der Waals surface area contributed by atoms with E-state index < -0.39 is 0 Å². The molecule has 0 aliphatic rings. The van der Waals surface area contributed by atoms with E-state index in [1.807, 2.05) is 61.6 Å². The third-order valence-electron chi connectivity index (χ3n) is 4.23. The Hall–Kier alpha value is -2.66. The van der Waals surface area contributed by atoms with E-state index in [0.717, 1.165) is 28.2 Å². The van der Waals surface area contributed by atoms with E-state index in [1.54, 1.807) is 0 Å². The smallest absolute Gasteiger partial charge is 0.276 e. The van der Waals surface area contributed by atoms with E-state index in [9.17, 15) is 4.79 Å². The third-order valence-corrected chi connectivity index (χ3v) is 4.23. The molecule has 0 spiro atoms. The topological polar surface area (TPSA) is 49.6 Å². The molecule has 0 saturated heterocycles. The molecule has 1 aromatic carbocycles. The Morgan fingerprint density at radius 1 is 1.16 bits per heavy atom. The number of amides is 1. The van der Waals surface area contributed by atoms with Crippen molar-refractivity contribution in [3.63, 3.8) is 0 Å². The lowest BCUT2D eigenvalue weighted by Gasteiger charge is -2.14. The second kappa shape index (κ2) is 6.69. The van der Waals surface area contributed by atoms with Crippen LogP contribution in [0.2, 0.25) is 0 Å². The molecule has 0 fully saturated rings. The number of rotatable bonds is 4. The molecule has 0 bridgehead atoms. The molecule has 25 heavy (non-hydrogen) atoms. The second-order valence-corrected chi connectivity index (χ2v) is 6.80. The number of benzene rings is 1. The first-order chi connectivity index (χ1) is 11.9. The Morgan fingerprint density at radius 2 is 1.84 bits per heavy atom. The molecule has 1 N–H and O–H groups in total. The molecule has 3 rings (SSSR count). The number of nitrogens with zero attached hydrogens (tertiary/aromatic N) is 3. The van der Waals surface area contributed by atoms with Crippen LogP contribution in [0.1, 0.15) is 32.9 Å². The summed E-state index contributed by atoms with van der Waals surface area (Å²) >= 11 is 0. The number of fused-ring (bicyclic) bond motifs is 1. The van der Waals surface area contributed by atoms with E-state index in [2.05, 4.69) is 29.4 Å². The maximum absolute atomic E-state index is 13.0. The van der Waals surface area contributed by atoms with Gasteiger partial charge in [-0.1, -0.05) is 23.8 Å². The SMILES string of the molecule is Cc1cc(C)c(NC(=O)c2nc3ccccn3c2CN(C)C)c(C)c1. The van der Waals surface area contributed by atoms with Crippen LogP contribution in [0, 0.1) is 20.8 Å². The number of aryl methyl sites for hydroxylation is 3. The number of anilines is 1. The molecular formula is C20H24N4O. The van der Waals surface area contributed by atoms with Gasteiger partial charge in [-0.25, -0.2) is 4.98 Å². The zero-order valence-corrected chi connectivity index (χ0v) is 15.4. The summed E-state index contributed by atoms with van der Waals surface area (Å²) < 4.78 is 1.98. The lowest BCUT2D eigenvalue weighted by molar-refractivity contribution is 0.102. The molecule has 5 heteroatoms. The van der Waals surface area contributed by atoms with Crippen molar-refractivity contribution in [1.82, 2.24) is 14.3 Å². The first kappa shape index (κ1) is 17.2. The van der Waals surface area contributed by atoms with Gasteiger partial charge in [-0.15, -0.1) is 0 Å². The van der Waals surface area contributed by atoms with E-state index in [1.165, 1.54) is 5.56 Å². The van der Waals surface area contributed by atoms with Crippen LogP contribution in [-0.2, 0) is 6.54 Å². The van der Waals surface area contributed by atoms with Crippen LogP contribution in [0.3, 0.4) is 0 Å². The Bertz CT molecular complexity index is 917. The monoisotopic (exact) mass is 336 g/mol. The quantitative estimate of drug-likeness (QED) is 0.792. The van der Waals surface area contributed by atoms with E-state index in [0.29, 0.717) is 12.2 Å². The summed E-state index contributed by atoms with van der Waals surface area (Å²) in [4.78, 5) is 19.6. The highest BCUT2D eigenvalue weighted by Gasteiger charge is 2.20. The molecule has 1 amide bonds. The maximum atomic E-state index is 13.0. The van der Waals surface area contributed by atoms with Crippen LogP contribution < -0.4 is 5.32 Å². The van der Waals surface area contributed by atoms with Crippen molar-refractivity contribution in [1.29, 1.82) is 0 Å². The summed E-state index contributed by atoms with van der Waals surface area (Å²) in [5.74, 6) is -0.171. The third kappa shape index (κ3) is 3.42. The van der Waals surface area contributed by atoms with Crippen molar-refractivity contribution in [3.8, 4) is 0 Å². The summed E-state index contributed by atoms with van der Waals surface area (Å²) in [5, 5.41) is 3.06. The molecule has 0 unspecified atom stereocenters. The summed E-state index contributed by atoms with van der Waals surface area (Å²) in [7, 11) is 3.97. The van der Waals surface area contributed by atoms with E-state index in [4.69, 9.17) is 0 Å². The maximum Gasteiger partial charge on any atom is 0.276 e. The first-order valence-electron chi connectivity index (χ1n) is 8.36. The summed E-state index contributed by atoms with van der Waals surface area (Å²) in [6, 6.07) is 9.94. The van der Waals surface area contributed by atoms with Gasteiger partial charge >= 0.3 is 0 Å². The fraction of sp³-hybridized carbons (Fsp3) is 0.300. The van der Waals surface area contributed by atoms with Crippen molar-refractivity contribution in [2.45, 2.75) is 27.3 Å². The van der Waals surface area contributed by atoms with Gasteiger partial charge in [0, 0.05) is 18.4 Å². The van der Waals surface area contributed by atoms with Crippen molar-refractivity contribution >= 4 is 17.2 Å². The van der Waals surface area contributed by atoms with Gasteiger partial charge in [-0.05, 0) is 58.1 Å². The first-order valence-corrected chi connectivity index (χ1v) is 8.36. The number of pyridine rings is 1. The fourth-order valence-corrected chi connectivity index (χ4v) is 3.23. The Kier molecular flexibility index (Phi) is 4.59. The molecule has 2 aromatic heterocycles. The highest BCUT2D eigenvalue weighted by atomic mass is 16.1. The normalized spacial score (nSPS) is 11.3. The van der Waals surface area contributed by atoms with Gasteiger partial charge in [0.1, 0.15) is 5.65 Å². The van der Waals surface area contributed by atoms with Gasteiger partial charge in [-0.2, -0.15) is 0 Å². The zero-order chi connectivity index (χ0) is 18.1. The summed E-state index contributed by atoms with van der Waals surface area (Å²) in [6.07, 6.45) is 1.94. The molecule has 0 aliphatic heterocycles. The van der Waals surface area contributed by atoms with Gasteiger partial charge in [0.05, 0.1) is 5.69 Å². The average molecular weight is 336 g/mol. The highest BCUT2D eigenvalue weighted by Crippen LogP contribution is 2.23. The van der Waals surface area contributed by atoms with E-state index in [-0.39, 0.29) is 5.91 Å². The molecule has 0 atom stereocenters. The number of hydrogen-bond acceptors (Lipinski definition) is 3. The standard InChI is InChI=1S/C20H24N4O/c1-13-10-14(2)18(15(3)11-13)22-20(25)19-16(12-23(4)5)24-9-7-6-8-17(24)21-19/h6-11H,12H2,1-5H3,(H,22,25). The number of imidazole rings is 1. The molecule has 3 aromatic rings. The molecule has 0 aliphatic carbocycles. The van der Waals surface area contributed by atoms with Gasteiger partial charge in [0.15, 0.2) is 5.69 Å². The van der Waals surface area contributed by atoms with Gasteiger partial charge in [0.25, 0.3) is 5.91 Å². The van der Waals surface area contributed by atoms with Crippen LogP contribution in [0.15, 0.2) is 36.5 Å². The Labute approximate surface area is 148 Å². The summed E-state index contributed by atoms with van der Waals surface area (Å²) in [6.45, 7) is 6.72. The zero-order valence-electron chi connectivity index (χ0n) is 15.4. The predicted molar refractivity (Wildman–Crippen MR) is 101 cm³/mol. The number of carbonyl (C=O) groups is 1. The second-order valence-electron chi connectivity index (χ2n) is 6.80. The van der Waals surface area contributed by atoms with Gasteiger partial charge < -0.3 is 14.6 Å². The van der Waals surface area contributed by atoms with Crippen molar-refractivity contribution in [2.75, 3.05) is 19.4 Å². The van der Waals surface area contributed by atoms with Gasteiger partial charge in [0.2, 0.25) is 0 Å². The number of hydrogen-bond donors (Lipinski definition) is 1. The highest BCUT2D eigenvalue weighted by molar-refractivity contribution is 6.05. The number of carbonyl (C=O) groups excluding carboxylic acids is 1. The van der Waals surface area contributed by atoms with Crippen molar-refractivity contribution in [2.24, 2.45) is 0 Å². The molecule has 2 heterocycles. The van der Waals surface area contributed by atoms with E-state index >= 15 is 0 Å². The van der Waals surface area contributed by atoms with Crippen LogP contribution in [0.5, 0.6) is 0 Å². The molecule has 130 valence electrons.